The Morgan fingerprint density at radius 1 is 1.17 bits per heavy atom. The van der Waals surface area contributed by atoms with E-state index in [0.717, 1.165) is 0 Å². The molecule has 0 aliphatic carbocycles. The number of unbranched alkanes of at least 4 members (excludes halogenated alkanes) is 2. The summed E-state index contributed by atoms with van der Waals surface area (Å²) in [7, 11) is 0. The summed E-state index contributed by atoms with van der Waals surface area (Å²) in [6.07, 6.45) is 6.94. The fourth-order valence-electron chi connectivity index (χ4n) is 1.14. The predicted molar refractivity (Wildman–Crippen MR) is 56.9 cm³/mol. The number of hydrogen-bond donors (Lipinski definition) is 0. The van der Waals surface area contributed by atoms with Crippen LogP contribution in [0.4, 0.5) is 0 Å². The first-order chi connectivity index (χ1) is 5.43. The third kappa shape index (κ3) is 5.86. The van der Waals surface area contributed by atoms with Crippen molar-refractivity contribution < 1.29 is 18.9 Å². The molecule has 0 aromatic rings. The number of hydrogen-bond acceptors (Lipinski definition) is 2. The molecule has 3 heteroatoms. The van der Waals surface area contributed by atoms with Gasteiger partial charge in [-0.25, -0.2) is 4.58 Å². The molecule has 1 aliphatic rings. The van der Waals surface area contributed by atoms with Crippen LogP contribution in [0.3, 0.4) is 0 Å². The van der Waals surface area contributed by atoms with Crippen LogP contribution in [0.25, 0.3) is 0 Å². The second-order valence-electron chi connectivity index (χ2n) is 2.88. The predicted octanol–water partition coefficient (Wildman–Crippen LogP) is 0.930. The zero-order valence-corrected chi connectivity index (χ0v) is 9.90. The van der Waals surface area contributed by atoms with Crippen molar-refractivity contribution in [2.45, 2.75) is 39.0 Å². The monoisotopic (exact) mass is 196 g/mol. The van der Waals surface area contributed by atoms with E-state index in [1.807, 2.05) is 0 Å². The summed E-state index contributed by atoms with van der Waals surface area (Å²) in [5.41, 5.74) is 0. The Labute approximate surface area is 97.2 Å². The maximum absolute atomic E-state index is 2.27. The van der Waals surface area contributed by atoms with E-state index in [4.69, 9.17) is 0 Å². The van der Waals surface area contributed by atoms with Crippen LogP contribution in [0.15, 0.2) is 0 Å². The van der Waals surface area contributed by atoms with Crippen molar-refractivity contribution in [2.24, 2.45) is 0 Å². The van der Waals surface area contributed by atoms with Gasteiger partial charge in [0.2, 0.25) is 0 Å². The SMILES string of the molecule is CCCCC[C-]1SCCCS1.[Li+]. The molecule has 0 aromatic heterocycles. The molecule has 0 amide bonds. The van der Waals surface area contributed by atoms with Gasteiger partial charge >= 0.3 is 18.9 Å². The minimum Gasteiger partial charge on any atom is -0.337 e. The van der Waals surface area contributed by atoms with Crippen molar-refractivity contribution in [3.05, 3.63) is 4.58 Å². The maximum Gasteiger partial charge on any atom is 1.00 e. The van der Waals surface area contributed by atoms with Crippen molar-refractivity contribution in [1.82, 2.24) is 0 Å². The third-order valence-electron chi connectivity index (χ3n) is 1.80. The first-order valence-electron chi connectivity index (χ1n) is 4.55. The standard InChI is InChI=1S/C9H17S2.Li/c1-2-3-4-6-9-10-7-5-8-11-9;/h2-8H2,1H3;/q-1;+1. The van der Waals surface area contributed by atoms with Gasteiger partial charge in [-0.1, -0.05) is 26.2 Å². The van der Waals surface area contributed by atoms with Crippen LogP contribution in [0, 0.1) is 4.58 Å². The Balaban J connectivity index is 0.00000121. The molecule has 1 saturated heterocycles. The Morgan fingerprint density at radius 3 is 2.42 bits per heavy atom. The van der Waals surface area contributed by atoms with E-state index in [-0.39, 0.29) is 18.9 Å². The van der Waals surface area contributed by atoms with Gasteiger partial charge in [-0.05, 0) is 17.9 Å². The van der Waals surface area contributed by atoms with Gasteiger partial charge in [-0.15, -0.1) is 0 Å². The average Bonchev–Trinajstić information content (AvgIpc) is 2.07. The largest absolute Gasteiger partial charge is 1.00 e. The average molecular weight is 196 g/mol. The molecule has 1 aliphatic heterocycles. The molecule has 12 heavy (non-hydrogen) atoms. The Bertz CT molecular complexity index is 92.5. The molecule has 1 heterocycles. The molecule has 1 rings (SSSR count). The van der Waals surface area contributed by atoms with E-state index in [1.54, 1.807) is 4.58 Å². The van der Waals surface area contributed by atoms with Gasteiger partial charge in [-0.2, -0.15) is 6.42 Å². The molecule has 0 unspecified atom stereocenters. The third-order valence-corrected chi connectivity index (χ3v) is 4.54. The molecule has 0 nitrogen and oxygen atoms in total. The van der Waals surface area contributed by atoms with E-state index in [0.29, 0.717) is 0 Å². The fraction of sp³-hybridized carbons (Fsp3) is 0.889. The van der Waals surface area contributed by atoms with Crippen LogP contribution < -0.4 is 18.9 Å². The first-order valence-corrected chi connectivity index (χ1v) is 6.52. The van der Waals surface area contributed by atoms with Crippen molar-refractivity contribution in [1.29, 1.82) is 0 Å². The van der Waals surface area contributed by atoms with Gasteiger partial charge in [0.25, 0.3) is 0 Å². The molecular weight excluding hydrogens is 179 g/mol. The summed E-state index contributed by atoms with van der Waals surface area (Å²) in [6.45, 7) is 2.27. The normalized spacial score (nSPS) is 18.8. The van der Waals surface area contributed by atoms with Gasteiger partial charge in [-0.3, -0.25) is 0 Å². The van der Waals surface area contributed by atoms with E-state index in [9.17, 15) is 0 Å². The molecular formula is C9H17LiS2. The summed E-state index contributed by atoms with van der Waals surface area (Å²) in [5.74, 6) is 2.74. The minimum atomic E-state index is 0. The maximum atomic E-state index is 2.27. The van der Waals surface area contributed by atoms with Gasteiger partial charge in [0.15, 0.2) is 0 Å². The summed E-state index contributed by atoms with van der Waals surface area (Å²) in [5, 5.41) is 0. The zero-order chi connectivity index (χ0) is 7.94. The Kier molecular flexibility index (Phi) is 9.84. The Hall–Kier alpha value is 1.30. The molecule has 0 saturated carbocycles. The molecule has 0 radical (unpaired) electrons. The van der Waals surface area contributed by atoms with Crippen molar-refractivity contribution >= 4 is 23.5 Å². The number of rotatable bonds is 4. The molecule has 0 atom stereocenters. The topological polar surface area (TPSA) is 0 Å². The van der Waals surface area contributed by atoms with E-state index < -0.39 is 0 Å². The summed E-state index contributed by atoms with van der Waals surface area (Å²) in [6, 6.07) is 0. The zero-order valence-electron chi connectivity index (χ0n) is 8.27. The van der Waals surface area contributed by atoms with Crippen LogP contribution in [-0.2, 0) is 0 Å². The second-order valence-corrected chi connectivity index (χ2v) is 5.52. The van der Waals surface area contributed by atoms with Crippen LogP contribution in [-0.4, -0.2) is 11.5 Å². The van der Waals surface area contributed by atoms with Gasteiger partial charge in [0.05, 0.1) is 0 Å². The summed E-state index contributed by atoms with van der Waals surface area (Å²) in [4.78, 5) is 0. The summed E-state index contributed by atoms with van der Waals surface area (Å²) < 4.78 is 1.70. The molecule has 0 spiro atoms. The fourth-order valence-corrected chi connectivity index (χ4v) is 3.76. The Morgan fingerprint density at radius 2 is 1.83 bits per heavy atom. The second kappa shape index (κ2) is 8.88. The van der Waals surface area contributed by atoms with E-state index >= 15 is 0 Å². The molecule has 66 valence electrons. The summed E-state index contributed by atoms with van der Waals surface area (Å²) >= 11 is 4.19. The number of thioether (sulfide) groups is 2. The molecule has 0 N–H and O–H groups in total. The quantitative estimate of drug-likeness (QED) is 0.373. The molecule has 0 aromatic carbocycles. The van der Waals surface area contributed by atoms with Crippen molar-refractivity contribution in [3.8, 4) is 0 Å². The van der Waals surface area contributed by atoms with E-state index in [2.05, 4.69) is 30.4 Å². The smallest absolute Gasteiger partial charge is 0.337 e. The molecule has 1 fully saturated rings. The van der Waals surface area contributed by atoms with Crippen molar-refractivity contribution in [2.75, 3.05) is 11.5 Å². The first kappa shape index (κ1) is 13.3. The van der Waals surface area contributed by atoms with Gasteiger partial charge in [0.1, 0.15) is 0 Å². The van der Waals surface area contributed by atoms with Crippen molar-refractivity contribution in [3.63, 3.8) is 0 Å². The van der Waals surface area contributed by atoms with Crippen LogP contribution in [0.2, 0.25) is 0 Å². The molecule has 0 bridgehead atoms. The van der Waals surface area contributed by atoms with Gasteiger partial charge < -0.3 is 23.5 Å². The van der Waals surface area contributed by atoms with Crippen LogP contribution >= 0.6 is 23.5 Å². The van der Waals surface area contributed by atoms with Crippen LogP contribution in [0.5, 0.6) is 0 Å². The van der Waals surface area contributed by atoms with Gasteiger partial charge in [0, 0.05) is 0 Å². The van der Waals surface area contributed by atoms with E-state index in [1.165, 1.54) is 43.6 Å². The van der Waals surface area contributed by atoms with Crippen LogP contribution in [0.1, 0.15) is 39.0 Å². The minimum absolute atomic E-state index is 0.